The molecule has 3 aliphatic heterocycles. The van der Waals surface area contributed by atoms with E-state index in [4.69, 9.17) is 11.6 Å². The van der Waals surface area contributed by atoms with Crippen LogP contribution in [0.25, 0.3) is 0 Å². The van der Waals surface area contributed by atoms with Gasteiger partial charge in [0.1, 0.15) is 11.9 Å². The molecule has 2 saturated heterocycles. The quantitative estimate of drug-likeness (QED) is 0.557. The number of halogens is 2. The minimum absolute atomic E-state index is 0.0114. The van der Waals surface area contributed by atoms with Crippen LogP contribution in [0.5, 0.6) is 0 Å². The van der Waals surface area contributed by atoms with E-state index in [1.807, 2.05) is 4.90 Å². The number of rotatable bonds is 5. The summed E-state index contributed by atoms with van der Waals surface area (Å²) in [6.07, 6.45) is 1.39. The van der Waals surface area contributed by atoms with Crippen molar-refractivity contribution >= 4 is 58.2 Å². The van der Waals surface area contributed by atoms with Gasteiger partial charge in [0.25, 0.3) is 17.7 Å². The molecule has 1 atom stereocenters. The Morgan fingerprint density at radius 3 is 2.46 bits per heavy atom. The monoisotopic (exact) mass is 546 g/mol. The summed E-state index contributed by atoms with van der Waals surface area (Å²) >= 11 is 7.12. The molecular weight excluding hydrogens is 523 g/mol. The second kappa shape index (κ2) is 9.53. The van der Waals surface area contributed by atoms with Crippen molar-refractivity contribution in [1.29, 1.82) is 0 Å². The van der Waals surface area contributed by atoms with E-state index in [2.05, 4.69) is 17.6 Å². The van der Waals surface area contributed by atoms with Gasteiger partial charge in [-0.25, -0.2) is 4.39 Å². The molecule has 2 N–H and O–H groups in total. The maximum Gasteiger partial charge on any atom is 0.262 e. The Balaban J connectivity index is 1.27. The number of carbonyl (C=O) groups is 5. The van der Waals surface area contributed by atoms with E-state index in [0.29, 0.717) is 41.7 Å². The van der Waals surface area contributed by atoms with E-state index >= 15 is 4.39 Å². The zero-order valence-electron chi connectivity index (χ0n) is 19.9. The second-order valence-corrected chi connectivity index (χ2v) is 11.6. The third kappa shape index (κ3) is 4.73. The molecule has 0 radical (unpaired) electrons. The SMILES string of the molecule is CC1(CNC(=O)c2ccc(Cl)s2)CCN(c2cc3c(cc2F)C(=O)N(C2CCC(=O)NC2=O)C3=O)CC1. The van der Waals surface area contributed by atoms with Gasteiger partial charge in [-0.3, -0.25) is 34.2 Å². The highest BCUT2D eigenvalue weighted by atomic mass is 35.5. The van der Waals surface area contributed by atoms with Crippen LogP contribution in [0.3, 0.4) is 0 Å². The molecule has 12 heteroatoms. The van der Waals surface area contributed by atoms with Gasteiger partial charge in [0.05, 0.1) is 26.0 Å². The average molecular weight is 547 g/mol. The number of nitrogens with zero attached hydrogens (tertiary/aromatic N) is 2. The van der Waals surface area contributed by atoms with Gasteiger partial charge in [-0.15, -0.1) is 11.3 Å². The number of anilines is 1. The fourth-order valence-corrected chi connectivity index (χ4v) is 5.96. The number of carbonyl (C=O) groups excluding carboxylic acids is 5. The Morgan fingerprint density at radius 1 is 1.16 bits per heavy atom. The molecular formula is C25H24ClFN4O5S. The van der Waals surface area contributed by atoms with Crippen molar-refractivity contribution in [1.82, 2.24) is 15.5 Å². The Kier molecular flexibility index (Phi) is 6.53. The number of hydrogen-bond donors (Lipinski definition) is 2. The van der Waals surface area contributed by atoms with Crippen LogP contribution in [0, 0.1) is 11.2 Å². The fraction of sp³-hybridized carbons (Fsp3) is 0.400. The van der Waals surface area contributed by atoms with E-state index in [1.165, 1.54) is 17.4 Å². The lowest BCUT2D eigenvalue weighted by molar-refractivity contribution is -0.136. The van der Waals surface area contributed by atoms with Crippen LogP contribution in [-0.4, -0.2) is 60.1 Å². The van der Waals surface area contributed by atoms with E-state index in [1.54, 1.807) is 12.1 Å². The number of fused-ring (bicyclic) bond motifs is 1. The van der Waals surface area contributed by atoms with E-state index < -0.39 is 35.5 Å². The van der Waals surface area contributed by atoms with Crippen LogP contribution in [0.15, 0.2) is 24.3 Å². The minimum Gasteiger partial charge on any atom is -0.369 e. The predicted octanol–water partition coefficient (Wildman–Crippen LogP) is 2.98. The van der Waals surface area contributed by atoms with Gasteiger partial charge in [-0.2, -0.15) is 0 Å². The van der Waals surface area contributed by atoms with Crippen molar-refractivity contribution in [3.8, 4) is 0 Å². The Hall–Kier alpha value is -3.31. The highest BCUT2D eigenvalue weighted by Crippen LogP contribution is 2.37. The molecule has 1 aromatic heterocycles. The first kappa shape index (κ1) is 25.3. The summed E-state index contributed by atoms with van der Waals surface area (Å²) < 4.78 is 15.7. The maximum atomic E-state index is 15.1. The van der Waals surface area contributed by atoms with Gasteiger partial charge in [0.15, 0.2) is 0 Å². The first-order chi connectivity index (χ1) is 17.6. The molecule has 0 aliphatic carbocycles. The van der Waals surface area contributed by atoms with Crippen molar-refractivity contribution in [2.75, 3.05) is 24.5 Å². The minimum atomic E-state index is -1.10. The van der Waals surface area contributed by atoms with Crippen molar-refractivity contribution in [2.45, 2.75) is 38.6 Å². The van der Waals surface area contributed by atoms with Crippen LogP contribution in [0.4, 0.5) is 10.1 Å². The van der Waals surface area contributed by atoms with Crippen molar-refractivity contribution in [3.63, 3.8) is 0 Å². The molecule has 2 aromatic rings. The number of benzene rings is 1. The van der Waals surface area contributed by atoms with Crippen molar-refractivity contribution < 1.29 is 28.4 Å². The molecule has 194 valence electrons. The van der Waals surface area contributed by atoms with Gasteiger partial charge in [-0.05, 0) is 48.9 Å². The smallest absolute Gasteiger partial charge is 0.262 e. The van der Waals surface area contributed by atoms with Gasteiger partial charge >= 0.3 is 0 Å². The number of nitrogens with one attached hydrogen (secondary N) is 2. The van der Waals surface area contributed by atoms with Gasteiger partial charge in [0.2, 0.25) is 11.8 Å². The molecule has 0 saturated carbocycles. The van der Waals surface area contributed by atoms with Crippen LogP contribution >= 0.6 is 22.9 Å². The largest absolute Gasteiger partial charge is 0.369 e. The highest BCUT2D eigenvalue weighted by Gasteiger charge is 2.45. The predicted molar refractivity (Wildman–Crippen MR) is 134 cm³/mol. The first-order valence-electron chi connectivity index (χ1n) is 11.9. The molecule has 1 aromatic carbocycles. The van der Waals surface area contributed by atoms with Crippen LogP contribution < -0.4 is 15.5 Å². The molecule has 0 bridgehead atoms. The zero-order valence-corrected chi connectivity index (χ0v) is 21.5. The van der Waals surface area contributed by atoms with Gasteiger partial charge in [0, 0.05) is 26.1 Å². The summed E-state index contributed by atoms with van der Waals surface area (Å²) in [6.45, 7) is 3.50. The normalized spacial score (nSPS) is 21.2. The van der Waals surface area contributed by atoms with Crippen molar-refractivity contribution in [2.24, 2.45) is 5.41 Å². The molecule has 4 heterocycles. The van der Waals surface area contributed by atoms with E-state index in [0.717, 1.165) is 11.0 Å². The van der Waals surface area contributed by atoms with E-state index in [-0.39, 0.29) is 41.0 Å². The highest BCUT2D eigenvalue weighted by molar-refractivity contribution is 7.18. The van der Waals surface area contributed by atoms with E-state index in [9.17, 15) is 24.0 Å². The number of amides is 5. The van der Waals surface area contributed by atoms with Crippen molar-refractivity contribution in [3.05, 3.63) is 50.4 Å². The molecule has 2 fully saturated rings. The molecule has 5 rings (SSSR count). The second-order valence-electron chi connectivity index (χ2n) is 9.88. The number of hydrogen-bond acceptors (Lipinski definition) is 7. The summed E-state index contributed by atoms with van der Waals surface area (Å²) in [7, 11) is 0. The molecule has 37 heavy (non-hydrogen) atoms. The topological polar surface area (TPSA) is 116 Å². The molecule has 0 spiro atoms. The Morgan fingerprint density at radius 2 is 1.84 bits per heavy atom. The Labute approximate surface area is 220 Å². The first-order valence-corrected chi connectivity index (χ1v) is 13.1. The lowest BCUT2D eigenvalue weighted by Crippen LogP contribution is -2.54. The number of piperidine rings is 2. The number of imide groups is 2. The lowest BCUT2D eigenvalue weighted by atomic mass is 9.80. The van der Waals surface area contributed by atoms with Crippen LogP contribution in [0.1, 0.15) is 63.0 Å². The van der Waals surface area contributed by atoms with Crippen LogP contribution in [0.2, 0.25) is 4.34 Å². The van der Waals surface area contributed by atoms with Gasteiger partial charge < -0.3 is 10.2 Å². The maximum absolute atomic E-state index is 15.1. The zero-order chi connectivity index (χ0) is 26.5. The molecule has 1 unspecified atom stereocenters. The fourth-order valence-electron chi connectivity index (χ4n) is 5.00. The molecule has 3 aliphatic rings. The van der Waals surface area contributed by atoms with Gasteiger partial charge in [-0.1, -0.05) is 18.5 Å². The van der Waals surface area contributed by atoms with Crippen LogP contribution in [-0.2, 0) is 9.59 Å². The average Bonchev–Trinajstić information content (AvgIpc) is 3.39. The lowest BCUT2D eigenvalue weighted by Gasteiger charge is -2.40. The summed E-state index contributed by atoms with van der Waals surface area (Å²) in [5.74, 6) is -3.40. The summed E-state index contributed by atoms with van der Waals surface area (Å²) in [5.41, 5.74) is -0.0331. The third-order valence-electron chi connectivity index (χ3n) is 7.29. The summed E-state index contributed by atoms with van der Waals surface area (Å²) in [6, 6.07) is 4.68. The standard InChI is InChI=1S/C25H24ClFN4O5S/c1-25(12-28-22(34)18-3-4-19(26)37-18)6-8-30(9-7-25)17-11-14-13(10-15(17)27)23(35)31(24(14)36)16-2-5-20(32)29-21(16)33/h3-4,10-11,16H,2,5-9,12H2,1H3,(H,28,34)(H,29,32,33). The number of thiophene rings is 1. The summed E-state index contributed by atoms with van der Waals surface area (Å²) in [4.78, 5) is 65.3. The Bertz CT molecular complexity index is 1340. The molecule has 9 nitrogen and oxygen atoms in total. The summed E-state index contributed by atoms with van der Waals surface area (Å²) in [5, 5.41) is 5.10. The third-order valence-corrected chi connectivity index (χ3v) is 8.52. The molecule has 5 amide bonds.